The highest BCUT2D eigenvalue weighted by Gasteiger charge is 2.40. The third kappa shape index (κ3) is 3.61. The highest BCUT2D eigenvalue weighted by atomic mass is 32.2. The van der Waals surface area contributed by atoms with Crippen molar-refractivity contribution < 1.29 is 9.90 Å². The van der Waals surface area contributed by atoms with Crippen molar-refractivity contribution in [3.05, 3.63) is 40.9 Å². The van der Waals surface area contributed by atoms with E-state index in [-0.39, 0.29) is 0 Å². The number of aromatic nitrogens is 2. The number of benzene rings is 1. The molecular weight excluding hydrogens is 306 g/mol. The summed E-state index contributed by atoms with van der Waals surface area (Å²) in [6.07, 6.45) is 0. The Bertz CT molecular complexity index is 603. The topological polar surface area (TPSA) is 75.1 Å². The lowest BCUT2D eigenvalue weighted by Crippen LogP contribution is -2.51. The zero-order chi connectivity index (χ0) is 15.3. The van der Waals surface area contributed by atoms with Crippen molar-refractivity contribution >= 4 is 29.1 Å². The average Bonchev–Trinajstić information content (AvgIpc) is 2.90. The van der Waals surface area contributed by atoms with Gasteiger partial charge >= 0.3 is 5.97 Å². The largest absolute Gasteiger partial charge is 0.480 e. The highest BCUT2D eigenvalue weighted by Crippen LogP contribution is 2.31. The Labute approximate surface area is 131 Å². The summed E-state index contributed by atoms with van der Waals surface area (Å²) in [7, 11) is 0. The van der Waals surface area contributed by atoms with Crippen molar-refractivity contribution in [2.45, 2.75) is 23.7 Å². The highest BCUT2D eigenvalue weighted by molar-refractivity contribution is 8.01. The van der Waals surface area contributed by atoms with Gasteiger partial charge in [-0.3, -0.25) is 5.32 Å². The molecule has 1 aromatic heterocycles. The Kier molecular flexibility index (Phi) is 5.33. The van der Waals surface area contributed by atoms with Crippen molar-refractivity contribution in [2.24, 2.45) is 0 Å². The Morgan fingerprint density at radius 1 is 1.38 bits per heavy atom. The van der Waals surface area contributed by atoms with Crippen molar-refractivity contribution in [1.82, 2.24) is 15.5 Å². The molecule has 0 aliphatic heterocycles. The second kappa shape index (κ2) is 7.02. The molecule has 2 aromatic rings. The minimum atomic E-state index is -1.12. The van der Waals surface area contributed by atoms with Gasteiger partial charge in [-0.25, -0.2) is 4.79 Å². The monoisotopic (exact) mass is 323 g/mol. The van der Waals surface area contributed by atoms with Crippen LogP contribution in [-0.4, -0.2) is 33.6 Å². The van der Waals surface area contributed by atoms with E-state index < -0.39 is 11.5 Å². The van der Waals surface area contributed by atoms with Crippen molar-refractivity contribution in [3.63, 3.8) is 0 Å². The first-order valence-electron chi connectivity index (χ1n) is 6.55. The maximum Gasteiger partial charge on any atom is 0.329 e. The van der Waals surface area contributed by atoms with Crippen molar-refractivity contribution in [3.8, 4) is 0 Å². The van der Waals surface area contributed by atoms with Crippen LogP contribution in [0.25, 0.3) is 0 Å². The SMILES string of the molecule is CCNC(CSc1nnc(C)s1)(C(=O)O)c1ccccc1. The van der Waals surface area contributed by atoms with E-state index in [9.17, 15) is 9.90 Å². The fraction of sp³-hybridized carbons (Fsp3) is 0.357. The van der Waals surface area contributed by atoms with Crippen LogP contribution in [0.1, 0.15) is 17.5 Å². The summed E-state index contributed by atoms with van der Waals surface area (Å²) in [5.74, 6) is -0.529. The molecule has 0 amide bonds. The minimum Gasteiger partial charge on any atom is -0.480 e. The Morgan fingerprint density at radius 2 is 2.10 bits per heavy atom. The quantitative estimate of drug-likeness (QED) is 0.763. The standard InChI is InChI=1S/C14H17N3O2S2/c1-3-15-14(12(18)19,11-7-5-4-6-8-11)9-20-13-17-16-10(2)21-13/h4-8,15H,3,9H2,1-2H3,(H,18,19). The summed E-state index contributed by atoms with van der Waals surface area (Å²) in [5, 5.41) is 21.8. The van der Waals surface area contributed by atoms with Gasteiger partial charge in [0.1, 0.15) is 5.01 Å². The van der Waals surface area contributed by atoms with Gasteiger partial charge in [0, 0.05) is 5.75 Å². The van der Waals surface area contributed by atoms with E-state index >= 15 is 0 Å². The van der Waals surface area contributed by atoms with Crippen LogP contribution in [0.4, 0.5) is 0 Å². The molecule has 0 radical (unpaired) electrons. The second-order valence-electron chi connectivity index (χ2n) is 4.48. The van der Waals surface area contributed by atoms with Crippen LogP contribution < -0.4 is 5.32 Å². The van der Waals surface area contributed by atoms with Crippen LogP contribution in [0.2, 0.25) is 0 Å². The number of aliphatic carboxylic acids is 1. The van der Waals surface area contributed by atoms with Gasteiger partial charge < -0.3 is 5.11 Å². The van der Waals surface area contributed by atoms with Gasteiger partial charge in [-0.15, -0.1) is 10.2 Å². The fourth-order valence-corrected chi connectivity index (χ4v) is 4.05. The summed E-state index contributed by atoms with van der Waals surface area (Å²) < 4.78 is 0.784. The lowest BCUT2D eigenvalue weighted by atomic mass is 9.92. The zero-order valence-electron chi connectivity index (χ0n) is 11.9. The normalized spacial score (nSPS) is 13.8. The molecule has 0 aliphatic carbocycles. The van der Waals surface area contributed by atoms with E-state index in [2.05, 4.69) is 15.5 Å². The molecular formula is C14H17N3O2S2. The van der Waals surface area contributed by atoms with Crippen LogP contribution in [0.3, 0.4) is 0 Å². The van der Waals surface area contributed by atoms with E-state index in [0.717, 1.165) is 14.9 Å². The molecule has 1 unspecified atom stereocenters. The van der Waals surface area contributed by atoms with Gasteiger partial charge in [0.15, 0.2) is 9.88 Å². The molecule has 2 N–H and O–H groups in total. The summed E-state index contributed by atoms with van der Waals surface area (Å²) in [4.78, 5) is 11.9. The second-order valence-corrected chi connectivity index (χ2v) is 6.89. The molecule has 1 aromatic carbocycles. The van der Waals surface area contributed by atoms with Crippen LogP contribution in [-0.2, 0) is 10.3 Å². The molecule has 0 spiro atoms. The third-order valence-electron chi connectivity index (χ3n) is 3.03. The van der Waals surface area contributed by atoms with E-state index in [1.807, 2.05) is 44.2 Å². The molecule has 2 rings (SSSR count). The van der Waals surface area contributed by atoms with E-state index in [4.69, 9.17) is 0 Å². The number of thioether (sulfide) groups is 1. The maximum atomic E-state index is 11.9. The van der Waals surface area contributed by atoms with E-state index in [1.165, 1.54) is 23.1 Å². The van der Waals surface area contributed by atoms with Gasteiger partial charge in [-0.05, 0) is 19.0 Å². The molecule has 0 saturated heterocycles. The molecule has 7 heteroatoms. The Morgan fingerprint density at radius 3 is 2.62 bits per heavy atom. The van der Waals surface area contributed by atoms with Gasteiger partial charge in [0.2, 0.25) is 0 Å². The van der Waals surface area contributed by atoms with Crippen molar-refractivity contribution in [2.75, 3.05) is 12.3 Å². The summed E-state index contributed by atoms with van der Waals surface area (Å²) in [6, 6.07) is 9.25. The number of rotatable bonds is 7. The molecule has 112 valence electrons. The fourth-order valence-electron chi connectivity index (χ4n) is 2.03. The smallest absolute Gasteiger partial charge is 0.329 e. The Hall–Kier alpha value is -1.44. The average molecular weight is 323 g/mol. The van der Waals surface area contributed by atoms with Crippen molar-refractivity contribution in [1.29, 1.82) is 0 Å². The number of nitrogens with one attached hydrogen (secondary N) is 1. The minimum absolute atomic E-state index is 0.356. The van der Waals surface area contributed by atoms with Gasteiger partial charge in [-0.2, -0.15) is 0 Å². The van der Waals surface area contributed by atoms with Crippen LogP contribution in [0, 0.1) is 6.92 Å². The molecule has 5 nitrogen and oxygen atoms in total. The summed E-state index contributed by atoms with van der Waals surface area (Å²) in [6.45, 7) is 4.35. The van der Waals surface area contributed by atoms with E-state index in [0.29, 0.717) is 12.3 Å². The zero-order valence-corrected chi connectivity index (χ0v) is 13.5. The number of carboxylic acid groups (broad SMARTS) is 1. The number of hydrogen-bond donors (Lipinski definition) is 2. The number of likely N-dealkylation sites (N-methyl/N-ethyl adjacent to an activating group) is 1. The number of nitrogens with zero attached hydrogens (tertiary/aromatic N) is 2. The summed E-state index contributed by atoms with van der Waals surface area (Å²) >= 11 is 2.89. The summed E-state index contributed by atoms with van der Waals surface area (Å²) in [5.41, 5.74) is -0.381. The first kappa shape index (κ1) is 15.9. The third-order valence-corrected chi connectivity index (χ3v) is 5.17. The predicted octanol–water partition coefficient (Wildman–Crippen LogP) is 2.53. The molecule has 21 heavy (non-hydrogen) atoms. The molecule has 0 saturated carbocycles. The predicted molar refractivity (Wildman–Crippen MR) is 84.8 cm³/mol. The van der Waals surface area contributed by atoms with Crippen LogP contribution in [0.5, 0.6) is 0 Å². The first-order chi connectivity index (χ1) is 10.1. The molecule has 1 heterocycles. The van der Waals surface area contributed by atoms with E-state index in [1.54, 1.807) is 0 Å². The lowest BCUT2D eigenvalue weighted by molar-refractivity contribution is -0.144. The molecule has 0 fully saturated rings. The molecule has 0 aliphatic rings. The van der Waals surface area contributed by atoms with Crippen LogP contribution in [0.15, 0.2) is 34.7 Å². The maximum absolute atomic E-state index is 11.9. The van der Waals surface area contributed by atoms with Gasteiger partial charge in [0.05, 0.1) is 0 Å². The Balaban J connectivity index is 2.28. The number of hydrogen-bond acceptors (Lipinski definition) is 6. The first-order valence-corrected chi connectivity index (χ1v) is 8.35. The van der Waals surface area contributed by atoms with Crippen LogP contribution >= 0.6 is 23.1 Å². The number of carboxylic acids is 1. The number of carbonyl (C=O) groups is 1. The number of aryl methyl sites for hydroxylation is 1. The molecule has 0 bridgehead atoms. The van der Waals surface area contributed by atoms with Gasteiger partial charge in [0.25, 0.3) is 0 Å². The lowest BCUT2D eigenvalue weighted by Gasteiger charge is -2.30. The molecule has 1 atom stereocenters. The van der Waals surface area contributed by atoms with Gasteiger partial charge in [-0.1, -0.05) is 60.4 Å².